The van der Waals surface area contributed by atoms with Crippen LogP contribution in [0.15, 0.2) is 36.7 Å². The van der Waals surface area contributed by atoms with E-state index in [0.29, 0.717) is 5.69 Å². The van der Waals surface area contributed by atoms with Crippen LogP contribution in [0.3, 0.4) is 0 Å². The van der Waals surface area contributed by atoms with Gasteiger partial charge >= 0.3 is 12.1 Å². The number of hydrogen-bond acceptors (Lipinski definition) is 7. The van der Waals surface area contributed by atoms with Gasteiger partial charge in [0.2, 0.25) is 5.95 Å². The van der Waals surface area contributed by atoms with Crippen LogP contribution in [0, 0.1) is 5.95 Å². The van der Waals surface area contributed by atoms with E-state index in [1.165, 1.54) is 48.3 Å². The van der Waals surface area contributed by atoms with Gasteiger partial charge in [-0.2, -0.15) is 4.39 Å². The maximum absolute atomic E-state index is 13.7. The first-order chi connectivity index (χ1) is 13.4. The average Bonchev–Trinajstić information content (AvgIpc) is 3.02. The maximum Gasteiger partial charge on any atom is 0.413 e. The van der Waals surface area contributed by atoms with E-state index in [1.54, 1.807) is 7.05 Å². The smallest absolute Gasteiger partial charge is 0.413 e. The van der Waals surface area contributed by atoms with Gasteiger partial charge in [-0.25, -0.2) is 19.3 Å². The zero-order valence-electron chi connectivity index (χ0n) is 14.8. The summed E-state index contributed by atoms with van der Waals surface area (Å²) in [6, 6.07) is 5.79. The number of aryl methyl sites for hydroxylation is 1. The summed E-state index contributed by atoms with van der Waals surface area (Å²) in [5, 5.41) is 19.2. The van der Waals surface area contributed by atoms with Gasteiger partial charge in [-0.3, -0.25) is 10.3 Å². The number of anilines is 1. The molecule has 3 aromatic heterocycles. The van der Waals surface area contributed by atoms with Crippen molar-refractivity contribution in [3.63, 3.8) is 0 Å². The maximum atomic E-state index is 13.7. The first-order valence-electron chi connectivity index (χ1n) is 8.04. The van der Waals surface area contributed by atoms with Crippen LogP contribution in [0.25, 0.3) is 11.4 Å². The minimum Gasteiger partial charge on any atom is -0.478 e. The Labute approximate surface area is 158 Å². The lowest BCUT2D eigenvalue weighted by atomic mass is 10.2. The topological polar surface area (TPSA) is 132 Å². The minimum atomic E-state index is -1.11. The quantitative estimate of drug-likeness (QED) is 0.639. The Kier molecular flexibility index (Phi) is 5.25. The van der Waals surface area contributed by atoms with Crippen LogP contribution in [0.1, 0.15) is 28.9 Å². The SMILES string of the molecule is C[C@@H](OC(=O)Nc1c(-c2ccc(C(=O)O)cn2)nnn1C)c1cccnc1F. The number of nitrogens with zero attached hydrogens (tertiary/aromatic N) is 5. The van der Waals surface area contributed by atoms with E-state index in [0.717, 1.165) is 0 Å². The molecule has 0 aliphatic rings. The highest BCUT2D eigenvalue weighted by Gasteiger charge is 2.21. The van der Waals surface area contributed by atoms with Crippen LogP contribution >= 0.6 is 0 Å². The number of pyridine rings is 2. The van der Waals surface area contributed by atoms with Gasteiger partial charge in [0.25, 0.3) is 0 Å². The van der Waals surface area contributed by atoms with Crippen LogP contribution in [0.5, 0.6) is 0 Å². The van der Waals surface area contributed by atoms with Crippen LogP contribution in [-0.2, 0) is 11.8 Å². The molecule has 2 N–H and O–H groups in total. The van der Waals surface area contributed by atoms with Crippen molar-refractivity contribution in [2.75, 3.05) is 5.32 Å². The number of aromatic nitrogens is 5. The summed E-state index contributed by atoms with van der Waals surface area (Å²) in [5.41, 5.74) is 0.664. The molecule has 0 bridgehead atoms. The third kappa shape index (κ3) is 3.92. The molecule has 3 aromatic rings. The number of carboxylic acids is 1. The van der Waals surface area contributed by atoms with E-state index < -0.39 is 24.1 Å². The van der Waals surface area contributed by atoms with Gasteiger partial charge in [0.1, 0.15) is 6.10 Å². The van der Waals surface area contributed by atoms with E-state index in [2.05, 4.69) is 25.6 Å². The van der Waals surface area contributed by atoms with Crippen molar-refractivity contribution in [3.8, 4) is 11.4 Å². The van der Waals surface area contributed by atoms with Crippen molar-refractivity contribution >= 4 is 17.9 Å². The van der Waals surface area contributed by atoms with Gasteiger partial charge in [0.15, 0.2) is 11.5 Å². The molecule has 0 radical (unpaired) electrons. The minimum absolute atomic E-state index is 0.00822. The molecule has 0 saturated heterocycles. The Morgan fingerprint density at radius 2 is 2.07 bits per heavy atom. The molecule has 0 aliphatic carbocycles. The number of amides is 1. The molecule has 28 heavy (non-hydrogen) atoms. The van der Waals surface area contributed by atoms with Gasteiger partial charge in [-0.15, -0.1) is 5.10 Å². The molecule has 0 aliphatic heterocycles. The standard InChI is InChI=1S/C17H15FN6O4/c1-9(11-4-3-7-19-14(11)18)28-17(27)21-15-13(22-23-24(15)2)12-6-5-10(8-20-12)16(25)26/h3-9H,1-2H3,(H,21,27)(H,25,26)/t9-/m1/s1. The zero-order valence-corrected chi connectivity index (χ0v) is 14.8. The second-order valence-electron chi connectivity index (χ2n) is 5.70. The molecular formula is C17H15FN6O4. The highest BCUT2D eigenvalue weighted by molar-refractivity contribution is 5.89. The molecule has 144 valence electrons. The second kappa shape index (κ2) is 7.78. The molecule has 3 heterocycles. The Morgan fingerprint density at radius 3 is 2.71 bits per heavy atom. The summed E-state index contributed by atoms with van der Waals surface area (Å²) in [7, 11) is 1.54. The molecule has 10 nitrogen and oxygen atoms in total. The number of rotatable bonds is 5. The van der Waals surface area contributed by atoms with E-state index in [9.17, 15) is 14.0 Å². The van der Waals surface area contributed by atoms with E-state index in [-0.39, 0.29) is 22.6 Å². The molecule has 1 atom stereocenters. The van der Waals surface area contributed by atoms with Gasteiger partial charge in [-0.1, -0.05) is 5.21 Å². The highest BCUT2D eigenvalue weighted by Crippen LogP contribution is 2.25. The lowest BCUT2D eigenvalue weighted by molar-refractivity contribution is 0.0696. The Hall–Kier alpha value is -3.89. The number of hydrogen-bond donors (Lipinski definition) is 2. The highest BCUT2D eigenvalue weighted by atomic mass is 19.1. The van der Waals surface area contributed by atoms with Crippen molar-refractivity contribution < 1.29 is 23.8 Å². The molecule has 0 aromatic carbocycles. The first kappa shape index (κ1) is 18.9. The fourth-order valence-electron chi connectivity index (χ4n) is 2.38. The molecule has 1 amide bonds. The Bertz CT molecular complexity index is 1020. The molecule has 11 heteroatoms. The molecule has 3 rings (SSSR count). The zero-order chi connectivity index (χ0) is 20.3. The fourth-order valence-corrected chi connectivity index (χ4v) is 2.38. The third-order valence-corrected chi connectivity index (χ3v) is 3.81. The number of ether oxygens (including phenoxy) is 1. The molecule has 0 spiro atoms. The van der Waals surface area contributed by atoms with Crippen molar-refractivity contribution in [2.24, 2.45) is 7.05 Å². The summed E-state index contributed by atoms with van der Waals surface area (Å²) >= 11 is 0. The van der Waals surface area contributed by atoms with E-state index in [1.807, 2.05) is 0 Å². The summed E-state index contributed by atoms with van der Waals surface area (Å²) in [6.07, 6.45) is 0.722. The summed E-state index contributed by atoms with van der Waals surface area (Å²) < 4.78 is 20.2. The van der Waals surface area contributed by atoms with Crippen LogP contribution < -0.4 is 5.32 Å². The van der Waals surface area contributed by atoms with Crippen molar-refractivity contribution in [1.29, 1.82) is 0 Å². The van der Waals surface area contributed by atoms with Crippen LogP contribution in [0.2, 0.25) is 0 Å². The molecule has 0 fully saturated rings. The molecular weight excluding hydrogens is 371 g/mol. The second-order valence-corrected chi connectivity index (χ2v) is 5.70. The number of halogens is 1. The number of carbonyl (C=O) groups excluding carboxylic acids is 1. The largest absolute Gasteiger partial charge is 0.478 e. The van der Waals surface area contributed by atoms with Crippen molar-refractivity contribution in [1.82, 2.24) is 25.0 Å². The number of nitrogens with one attached hydrogen (secondary N) is 1. The van der Waals surface area contributed by atoms with Gasteiger partial charge in [0, 0.05) is 25.0 Å². The molecule has 0 saturated carbocycles. The lowest BCUT2D eigenvalue weighted by Gasteiger charge is -2.14. The summed E-state index contributed by atoms with van der Waals surface area (Å²) in [4.78, 5) is 30.7. The lowest BCUT2D eigenvalue weighted by Crippen LogP contribution is -2.19. The average molecular weight is 386 g/mol. The van der Waals surface area contributed by atoms with Crippen molar-refractivity contribution in [3.05, 3.63) is 53.7 Å². The van der Waals surface area contributed by atoms with Crippen LogP contribution in [-0.4, -0.2) is 42.1 Å². The summed E-state index contributed by atoms with van der Waals surface area (Å²) in [5.74, 6) is -1.66. The molecule has 0 unspecified atom stereocenters. The monoisotopic (exact) mass is 386 g/mol. The Morgan fingerprint density at radius 1 is 1.29 bits per heavy atom. The fraction of sp³-hybridized carbons (Fsp3) is 0.176. The van der Waals surface area contributed by atoms with E-state index in [4.69, 9.17) is 9.84 Å². The number of carboxylic acid groups (broad SMARTS) is 1. The van der Waals surface area contributed by atoms with Crippen molar-refractivity contribution in [2.45, 2.75) is 13.0 Å². The van der Waals surface area contributed by atoms with Gasteiger partial charge in [0.05, 0.1) is 11.3 Å². The number of aromatic carboxylic acids is 1. The normalized spacial score (nSPS) is 11.7. The third-order valence-electron chi connectivity index (χ3n) is 3.81. The van der Waals surface area contributed by atoms with E-state index >= 15 is 0 Å². The number of carbonyl (C=O) groups is 2. The predicted octanol–water partition coefficient (Wildman–Crippen LogP) is 2.42. The first-order valence-corrected chi connectivity index (χ1v) is 8.04. The Balaban J connectivity index is 1.77. The predicted molar refractivity (Wildman–Crippen MR) is 93.9 cm³/mol. The van der Waals surface area contributed by atoms with Gasteiger partial charge < -0.3 is 9.84 Å². The van der Waals surface area contributed by atoms with Crippen LogP contribution in [0.4, 0.5) is 15.0 Å². The van der Waals surface area contributed by atoms with Gasteiger partial charge in [-0.05, 0) is 31.2 Å². The summed E-state index contributed by atoms with van der Waals surface area (Å²) in [6.45, 7) is 1.51.